The molecule has 1 aromatic rings. The van der Waals surface area contributed by atoms with Gasteiger partial charge >= 0.3 is 0 Å². The summed E-state index contributed by atoms with van der Waals surface area (Å²) in [5, 5.41) is 3.71. The summed E-state index contributed by atoms with van der Waals surface area (Å²) in [7, 11) is 0. The fraction of sp³-hybridized carbons (Fsp3) is 0.765. The van der Waals surface area contributed by atoms with Crippen molar-refractivity contribution in [2.45, 2.75) is 65.6 Å². The first-order valence-electron chi connectivity index (χ1n) is 7.96. The molecule has 0 saturated carbocycles. The lowest BCUT2D eigenvalue weighted by atomic mass is 9.94. The summed E-state index contributed by atoms with van der Waals surface area (Å²) in [4.78, 5) is 5.73. The van der Waals surface area contributed by atoms with Crippen LogP contribution in [0.15, 0.2) is 12.1 Å². The van der Waals surface area contributed by atoms with Crippen LogP contribution >= 0.6 is 11.3 Å². The van der Waals surface area contributed by atoms with Crippen LogP contribution in [0, 0.1) is 5.92 Å². The SMILES string of the molecule is CCc1ccc(CN2CC(C)(C)NCC2CC(C)C)s1. The van der Waals surface area contributed by atoms with Crippen molar-refractivity contribution in [2.75, 3.05) is 13.1 Å². The van der Waals surface area contributed by atoms with E-state index in [4.69, 9.17) is 0 Å². The van der Waals surface area contributed by atoms with Gasteiger partial charge in [-0.3, -0.25) is 4.90 Å². The summed E-state index contributed by atoms with van der Waals surface area (Å²) in [6.45, 7) is 14.9. The molecule has 2 nitrogen and oxygen atoms in total. The van der Waals surface area contributed by atoms with Gasteiger partial charge < -0.3 is 5.32 Å². The number of aryl methyl sites for hydroxylation is 1. The average Bonchev–Trinajstić information content (AvgIpc) is 2.79. The van der Waals surface area contributed by atoms with Crippen molar-refractivity contribution in [2.24, 2.45) is 5.92 Å². The highest BCUT2D eigenvalue weighted by atomic mass is 32.1. The van der Waals surface area contributed by atoms with Crippen LogP contribution in [0.2, 0.25) is 0 Å². The molecular formula is C17H30N2S. The van der Waals surface area contributed by atoms with Crippen LogP contribution in [0.1, 0.15) is 50.8 Å². The first kappa shape index (κ1) is 16.0. The van der Waals surface area contributed by atoms with Crippen LogP contribution in [-0.2, 0) is 13.0 Å². The zero-order chi connectivity index (χ0) is 14.8. The number of hydrogen-bond donors (Lipinski definition) is 1. The van der Waals surface area contributed by atoms with Crippen molar-refractivity contribution < 1.29 is 0 Å². The number of thiophene rings is 1. The monoisotopic (exact) mass is 294 g/mol. The summed E-state index contributed by atoms with van der Waals surface area (Å²) in [6, 6.07) is 5.30. The predicted molar refractivity (Wildman–Crippen MR) is 89.4 cm³/mol. The molecule has 0 amide bonds. The maximum Gasteiger partial charge on any atom is 0.0332 e. The zero-order valence-corrected chi connectivity index (χ0v) is 14.5. The fourth-order valence-corrected chi connectivity index (χ4v) is 4.06. The van der Waals surface area contributed by atoms with Crippen molar-refractivity contribution in [1.29, 1.82) is 0 Å². The Morgan fingerprint density at radius 2 is 2.05 bits per heavy atom. The van der Waals surface area contributed by atoms with E-state index in [0.717, 1.165) is 32.0 Å². The Balaban J connectivity index is 2.06. The van der Waals surface area contributed by atoms with Crippen LogP contribution in [0.3, 0.4) is 0 Å². The van der Waals surface area contributed by atoms with Gasteiger partial charge in [0.2, 0.25) is 0 Å². The lowest BCUT2D eigenvalue weighted by Gasteiger charge is -2.45. The van der Waals surface area contributed by atoms with Crippen molar-refractivity contribution in [3.8, 4) is 0 Å². The molecule has 1 aliphatic heterocycles. The van der Waals surface area contributed by atoms with Crippen LogP contribution in [-0.4, -0.2) is 29.6 Å². The molecule has 1 N–H and O–H groups in total. The smallest absolute Gasteiger partial charge is 0.0332 e. The maximum absolute atomic E-state index is 3.71. The Morgan fingerprint density at radius 3 is 2.65 bits per heavy atom. The Labute approximate surface area is 128 Å². The van der Waals surface area contributed by atoms with Gasteiger partial charge in [0, 0.05) is 41.0 Å². The molecular weight excluding hydrogens is 264 g/mol. The quantitative estimate of drug-likeness (QED) is 0.886. The topological polar surface area (TPSA) is 15.3 Å². The normalized spacial score (nSPS) is 23.4. The summed E-state index contributed by atoms with van der Waals surface area (Å²) in [6.07, 6.45) is 2.45. The molecule has 2 rings (SSSR count). The highest BCUT2D eigenvalue weighted by molar-refractivity contribution is 7.11. The lowest BCUT2D eigenvalue weighted by Crippen LogP contribution is -2.61. The fourth-order valence-electron chi connectivity index (χ4n) is 3.07. The van der Waals surface area contributed by atoms with Crippen LogP contribution in [0.4, 0.5) is 0 Å². The summed E-state index contributed by atoms with van der Waals surface area (Å²) in [5.74, 6) is 0.764. The van der Waals surface area contributed by atoms with Crippen LogP contribution < -0.4 is 5.32 Å². The molecule has 1 unspecified atom stereocenters. The van der Waals surface area contributed by atoms with Crippen molar-refractivity contribution >= 4 is 11.3 Å². The minimum absolute atomic E-state index is 0.234. The Kier molecular flexibility index (Phi) is 5.27. The molecule has 0 spiro atoms. The number of nitrogens with one attached hydrogen (secondary N) is 1. The van der Waals surface area contributed by atoms with E-state index >= 15 is 0 Å². The van der Waals surface area contributed by atoms with Gasteiger partial charge in [0.05, 0.1) is 0 Å². The van der Waals surface area contributed by atoms with E-state index in [1.807, 2.05) is 11.3 Å². The molecule has 1 fully saturated rings. The van der Waals surface area contributed by atoms with E-state index in [9.17, 15) is 0 Å². The van der Waals surface area contributed by atoms with E-state index < -0.39 is 0 Å². The molecule has 0 aromatic carbocycles. The van der Waals surface area contributed by atoms with Gasteiger partial charge in [-0.15, -0.1) is 11.3 Å². The van der Waals surface area contributed by atoms with E-state index in [1.54, 1.807) is 0 Å². The third-order valence-electron chi connectivity index (χ3n) is 4.10. The third-order valence-corrected chi connectivity index (χ3v) is 5.31. The molecule has 0 radical (unpaired) electrons. The number of rotatable bonds is 5. The largest absolute Gasteiger partial charge is 0.309 e. The van der Waals surface area contributed by atoms with E-state index in [0.29, 0.717) is 6.04 Å². The summed E-state index contributed by atoms with van der Waals surface area (Å²) in [5.41, 5.74) is 0.234. The van der Waals surface area contributed by atoms with E-state index in [-0.39, 0.29) is 5.54 Å². The first-order valence-corrected chi connectivity index (χ1v) is 8.78. The summed E-state index contributed by atoms with van der Waals surface area (Å²) >= 11 is 1.99. The molecule has 1 atom stereocenters. The second-order valence-corrected chi connectivity index (χ2v) is 8.43. The molecule has 114 valence electrons. The maximum atomic E-state index is 3.71. The molecule has 0 bridgehead atoms. The first-order chi connectivity index (χ1) is 9.39. The minimum atomic E-state index is 0.234. The highest BCUT2D eigenvalue weighted by Crippen LogP contribution is 2.25. The predicted octanol–water partition coefficient (Wildman–Crippen LogP) is 3.91. The van der Waals surface area contributed by atoms with Crippen LogP contribution in [0.25, 0.3) is 0 Å². The standard InChI is InChI=1S/C17H30N2S/c1-6-15-7-8-16(20-15)11-19-12-17(4,5)18-10-14(19)9-13(2)3/h7-8,13-14,18H,6,9-12H2,1-5H3. The Hall–Kier alpha value is -0.380. The van der Waals surface area contributed by atoms with Crippen molar-refractivity contribution in [1.82, 2.24) is 10.2 Å². The molecule has 1 aliphatic rings. The van der Waals surface area contributed by atoms with Crippen molar-refractivity contribution in [3.63, 3.8) is 0 Å². The molecule has 20 heavy (non-hydrogen) atoms. The van der Waals surface area contributed by atoms with Gasteiger partial charge in [0.25, 0.3) is 0 Å². The molecule has 2 heterocycles. The van der Waals surface area contributed by atoms with Crippen LogP contribution in [0.5, 0.6) is 0 Å². The van der Waals surface area contributed by atoms with Gasteiger partial charge in [-0.25, -0.2) is 0 Å². The number of piperazine rings is 1. The van der Waals surface area contributed by atoms with Gasteiger partial charge in [-0.1, -0.05) is 20.8 Å². The highest BCUT2D eigenvalue weighted by Gasteiger charge is 2.32. The molecule has 0 aliphatic carbocycles. The van der Waals surface area contributed by atoms with Gasteiger partial charge in [-0.05, 0) is 44.7 Å². The van der Waals surface area contributed by atoms with E-state index in [1.165, 1.54) is 16.2 Å². The lowest BCUT2D eigenvalue weighted by molar-refractivity contribution is 0.0769. The third kappa shape index (κ3) is 4.31. The van der Waals surface area contributed by atoms with Gasteiger partial charge in [0.1, 0.15) is 0 Å². The van der Waals surface area contributed by atoms with Gasteiger partial charge in [0.15, 0.2) is 0 Å². The Bertz CT molecular complexity index is 422. The second-order valence-electron chi connectivity index (χ2n) is 7.17. The molecule has 3 heteroatoms. The number of hydrogen-bond acceptors (Lipinski definition) is 3. The van der Waals surface area contributed by atoms with Crippen molar-refractivity contribution in [3.05, 3.63) is 21.9 Å². The van der Waals surface area contributed by atoms with E-state index in [2.05, 4.69) is 57.0 Å². The Morgan fingerprint density at radius 1 is 1.35 bits per heavy atom. The second kappa shape index (κ2) is 6.59. The van der Waals surface area contributed by atoms with Gasteiger partial charge in [-0.2, -0.15) is 0 Å². The zero-order valence-electron chi connectivity index (χ0n) is 13.7. The average molecular weight is 295 g/mol. The molecule has 1 aromatic heterocycles. The molecule has 1 saturated heterocycles. The number of nitrogens with zero attached hydrogens (tertiary/aromatic N) is 1. The minimum Gasteiger partial charge on any atom is -0.309 e. The summed E-state index contributed by atoms with van der Waals surface area (Å²) < 4.78 is 0.